The van der Waals surface area contributed by atoms with Crippen LogP contribution in [0.15, 0.2) is 24.3 Å². The number of urea groups is 1. The molecule has 1 rings (SSSR count). The summed E-state index contributed by atoms with van der Waals surface area (Å²) in [5, 5.41) is 6.13. The zero-order valence-corrected chi connectivity index (χ0v) is 13.7. The molecule has 21 heavy (non-hydrogen) atoms. The Labute approximate surface area is 127 Å². The van der Waals surface area contributed by atoms with E-state index in [9.17, 15) is 4.79 Å². The fraction of sp³-hybridized carbons (Fsp3) is 0.562. The van der Waals surface area contributed by atoms with Crippen LogP contribution in [0.1, 0.15) is 32.4 Å². The van der Waals surface area contributed by atoms with Crippen molar-refractivity contribution < 1.29 is 4.79 Å². The maximum atomic E-state index is 10.8. The Kier molecular flexibility index (Phi) is 6.65. The first kappa shape index (κ1) is 17.5. The van der Waals surface area contributed by atoms with Crippen LogP contribution in [-0.4, -0.2) is 37.6 Å². The smallest absolute Gasteiger partial charge is 0.316 e. The quantitative estimate of drug-likeness (QED) is 0.723. The molecule has 0 bridgehead atoms. The molecule has 0 heterocycles. The lowest BCUT2D eigenvalue weighted by Gasteiger charge is -2.29. The molecule has 0 aromatic heterocycles. The molecule has 1 aromatic carbocycles. The van der Waals surface area contributed by atoms with Gasteiger partial charge in [-0.25, -0.2) is 4.79 Å². The monoisotopic (exact) mass is 292 g/mol. The summed E-state index contributed by atoms with van der Waals surface area (Å²) in [7, 11) is 4.22. The van der Waals surface area contributed by atoms with Crippen LogP contribution in [0.4, 0.5) is 10.5 Å². The minimum atomic E-state index is -0.542. The van der Waals surface area contributed by atoms with E-state index in [0.29, 0.717) is 17.6 Å². The number of nitrogens with two attached hydrogens (primary N) is 1. The van der Waals surface area contributed by atoms with Crippen molar-refractivity contribution in [2.75, 3.05) is 26.0 Å². The number of nitrogens with zero attached hydrogens (tertiary/aromatic N) is 1. The summed E-state index contributed by atoms with van der Waals surface area (Å²) >= 11 is 0. The lowest BCUT2D eigenvalue weighted by atomic mass is 10.0. The minimum absolute atomic E-state index is 0.258. The third kappa shape index (κ3) is 5.73. The van der Waals surface area contributed by atoms with Crippen molar-refractivity contribution in [3.05, 3.63) is 29.8 Å². The highest BCUT2D eigenvalue weighted by Crippen LogP contribution is 2.17. The summed E-state index contributed by atoms with van der Waals surface area (Å²) in [5.74, 6) is 0.599. The third-order valence-electron chi connectivity index (χ3n) is 3.74. The highest BCUT2D eigenvalue weighted by atomic mass is 16.2. The molecule has 0 fully saturated rings. The van der Waals surface area contributed by atoms with E-state index in [1.807, 2.05) is 24.3 Å². The molecule has 2 atom stereocenters. The van der Waals surface area contributed by atoms with Gasteiger partial charge in [0.2, 0.25) is 0 Å². The third-order valence-corrected chi connectivity index (χ3v) is 3.74. The largest absolute Gasteiger partial charge is 0.351 e. The van der Waals surface area contributed by atoms with Gasteiger partial charge in [-0.05, 0) is 44.6 Å². The summed E-state index contributed by atoms with van der Waals surface area (Å²) < 4.78 is 0. The Hall–Kier alpha value is -1.59. The van der Waals surface area contributed by atoms with Gasteiger partial charge in [0.1, 0.15) is 0 Å². The number of hydrogen-bond donors (Lipinski definition) is 3. The fourth-order valence-electron chi connectivity index (χ4n) is 2.43. The number of carbonyl (C=O) groups excluding carboxylic acids is 1. The predicted octanol–water partition coefficient (Wildman–Crippen LogP) is 2.41. The molecule has 2 unspecified atom stereocenters. The zero-order valence-electron chi connectivity index (χ0n) is 13.7. The molecule has 5 heteroatoms. The molecular formula is C16H28N4O. The maximum Gasteiger partial charge on any atom is 0.316 e. The Morgan fingerprint density at radius 3 is 2.19 bits per heavy atom. The molecule has 2 amide bonds. The number of benzene rings is 1. The number of amides is 2. The van der Waals surface area contributed by atoms with Crippen molar-refractivity contribution in [3.63, 3.8) is 0 Å². The SMILES string of the molecule is CC(NCC(C(C)C)N(C)C)c1ccc(NC(N)=O)cc1. The molecule has 118 valence electrons. The second-order valence-corrected chi connectivity index (χ2v) is 6.02. The number of hydrogen-bond acceptors (Lipinski definition) is 3. The summed E-state index contributed by atoms with van der Waals surface area (Å²) in [6, 6.07) is 7.96. The lowest BCUT2D eigenvalue weighted by Crippen LogP contribution is -2.42. The van der Waals surface area contributed by atoms with Gasteiger partial charge in [0.25, 0.3) is 0 Å². The number of primary amides is 1. The molecule has 5 nitrogen and oxygen atoms in total. The summed E-state index contributed by atoms with van der Waals surface area (Å²) in [5.41, 5.74) is 6.99. The van der Waals surface area contributed by atoms with Gasteiger partial charge in [0, 0.05) is 24.3 Å². The van der Waals surface area contributed by atoms with Gasteiger partial charge in [0.15, 0.2) is 0 Å². The van der Waals surface area contributed by atoms with E-state index in [4.69, 9.17) is 5.73 Å². The number of rotatable bonds is 7. The average molecular weight is 292 g/mol. The van der Waals surface area contributed by atoms with Gasteiger partial charge in [-0.1, -0.05) is 26.0 Å². The molecular weight excluding hydrogens is 264 g/mol. The van der Waals surface area contributed by atoms with Crippen molar-refractivity contribution in [1.82, 2.24) is 10.2 Å². The van der Waals surface area contributed by atoms with E-state index in [2.05, 4.69) is 50.4 Å². The van der Waals surface area contributed by atoms with Crippen molar-refractivity contribution in [2.45, 2.75) is 32.9 Å². The number of anilines is 1. The molecule has 0 aliphatic rings. The van der Waals surface area contributed by atoms with Crippen LogP contribution in [0, 0.1) is 5.92 Å². The van der Waals surface area contributed by atoms with Crippen LogP contribution in [0.2, 0.25) is 0 Å². The van der Waals surface area contributed by atoms with Gasteiger partial charge in [-0.3, -0.25) is 0 Å². The summed E-state index contributed by atoms with van der Waals surface area (Å²) in [6.07, 6.45) is 0. The molecule has 0 radical (unpaired) electrons. The standard InChI is InChI=1S/C16H28N4O/c1-11(2)15(20(4)5)10-18-12(3)13-6-8-14(9-7-13)19-16(17)21/h6-9,11-12,15,18H,10H2,1-5H3,(H3,17,19,21). The van der Waals surface area contributed by atoms with Gasteiger partial charge in [-0.2, -0.15) is 0 Å². The van der Waals surface area contributed by atoms with Crippen LogP contribution >= 0.6 is 0 Å². The van der Waals surface area contributed by atoms with Gasteiger partial charge in [-0.15, -0.1) is 0 Å². The van der Waals surface area contributed by atoms with Crippen molar-refractivity contribution >= 4 is 11.7 Å². The van der Waals surface area contributed by atoms with Crippen LogP contribution in [0.3, 0.4) is 0 Å². The summed E-state index contributed by atoms with van der Waals surface area (Å²) in [4.78, 5) is 13.0. The highest BCUT2D eigenvalue weighted by Gasteiger charge is 2.16. The number of likely N-dealkylation sites (N-methyl/N-ethyl adjacent to an activating group) is 1. The van der Waals surface area contributed by atoms with E-state index in [-0.39, 0.29) is 6.04 Å². The Balaban J connectivity index is 2.59. The van der Waals surface area contributed by atoms with Crippen molar-refractivity contribution in [1.29, 1.82) is 0 Å². The highest BCUT2D eigenvalue weighted by molar-refractivity contribution is 5.87. The predicted molar refractivity (Wildman–Crippen MR) is 88.4 cm³/mol. The van der Waals surface area contributed by atoms with Crippen LogP contribution < -0.4 is 16.4 Å². The first-order valence-electron chi connectivity index (χ1n) is 7.37. The van der Waals surface area contributed by atoms with Crippen LogP contribution in [-0.2, 0) is 0 Å². The van der Waals surface area contributed by atoms with Crippen LogP contribution in [0.25, 0.3) is 0 Å². The van der Waals surface area contributed by atoms with Gasteiger partial charge >= 0.3 is 6.03 Å². The van der Waals surface area contributed by atoms with E-state index in [0.717, 1.165) is 6.54 Å². The lowest BCUT2D eigenvalue weighted by molar-refractivity contribution is 0.220. The Morgan fingerprint density at radius 1 is 1.19 bits per heavy atom. The molecule has 0 aliphatic carbocycles. The normalized spacial score (nSPS) is 14.2. The number of nitrogens with one attached hydrogen (secondary N) is 2. The van der Waals surface area contributed by atoms with Crippen LogP contribution in [0.5, 0.6) is 0 Å². The maximum absolute atomic E-state index is 10.8. The molecule has 1 aromatic rings. The zero-order chi connectivity index (χ0) is 16.0. The first-order valence-corrected chi connectivity index (χ1v) is 7.37. The molecule has 0 aliphatic heterocycles. The van der Waals surface area contributed by atoms with E-state index in [1.165, 1.54) is 5.56 Å². The molecule has 4 N–H and O–H groups in total. The topological polar surface area (TPSA) is 70.4 Å². The number of carbonyl (C=O) groups is 1. The van der Waals surface area contributed by atoms with E-state index >= 15 is 0 Å². The molecule has 0 spiro atoms. The van der Waals surface area contributed by atoms with Crippen molar-refractivity contribution in [2.24, 2.45) is 11.7 Å². The van der Waals surface area contributed by atoms with Gasteiger partial charge < -0.3 is 21.3 Å². The van der Waals surface area contributed by atoms with Gasteiger partial charge in [0.05, 0.1) is 0 Å². The summed E-state index contributed by atoms with van der Waals surface area (Å²) in [6.45, 7) is 7.55. The molecule has 0 saturated carbocycles. The second kappa shape index (κ2) is 8.00. The van der Waals surface area contributed by atoms with E-state index in [1.54, 1.807) is 0 Å². The second-order valence-electron chi connectivity index (χ2n) is 6.02. The van der Waals surface area contributed by atoms with Crippen molar-refractivity contribution in [3.8, 4) is 0 Å². The first-order chi connectivity index (χ1) is 9.81. The Morgan fingerprint density at radius 2 is 1.76 bits per heavy atom. The molecule has 0 saturated heterocycles. The fourth-order valence-corrected chi connectivity index (χ4v) is 2.43. The minimum Gasteiger partial charge on any atom is -0.351 e. The Bertz CT molecular complexity index is 434. The average Bonchev–Trinajstić information content (AvgIpc) is 2.38. The van der Waals surface area contributed by atoms with E-state index < -0.39 is 6.03 Å².